The molecule has 1 aromatic rings. The smallest absolute Gasteiger partial charge is 0.399 e. The predicted molar refractivity (Wildman–Crippen MR) is 84.1 cm³/mol. The number of rotatable bonds is 4. The molecule has 21 heavy (non-hydrogen) atoms. The maximum absolute atomic E-state index is 14.2. The summed E-state index contributed by atoms with van der Waals surface area (Å²) in [5.41, 5.74) is 0.533. The lowest BCUT2D eigenvalue weighted by Gasteiger charge is -2.32. The molecule has 1 fully saturated rings. The molecule has 3 nitrogen and oxygen atoms in total. The summed E-state index contributed by atoms with van der Waals surface area (Å²) in [5.74, 6) is -0.227. The third-order valence-electron chi connectivity index (χ3n) is 4.35. The highest BCUT2D eigenvalue weighted by Gasteiger charge is 2.52. The first kappa shape index (κ1) is 16.5. The van der Waals surface area contributed by atoms with Gasteiger partial charge in [-0.15, -0.1) is 0 Å². The van der Waals surface area contributed by atoms with Crippen molar-refractivity contribution in [1.29, 1.82) is 0 Å². The van der Waals surface area contributed by atoms with E-state index in [1.54, 1.807) is 6.07 Å². The molecule has 0 unspecified atom stereocenters. The molecule has 1 saturated heterocycles. The molecule has 0 amide bonds. The van der Waals surface area contributed by atoms with Crippen molar-refractivity contribution in [1.82, 2.24) is 5.32 Å². The standard InChI is InChI=1S/C16H25BFNO2/c1-11(2)19-10-12-13(8-7-9-14(12)18)17-20-15(3,4)16(5,6)21-17/h7-9,11,19H,10H2,1-6H3. The third kappa shape index (κ3) is 3.30. The minimum atomic E-state index is -0.533. The fraction of sp³-hybridized carbons (Fsp3) is 0.625. The Morgan fingerprint density at radius 1 is 1.14 bits per heavy atom. The molecule has 1 heterocycles. The predicted octanol–water partition coefficient (Wildman–Crippen LogP) is 2.62. The second kappa shape index (κ2) is 5.71. The Kier molecular flexibility index (Phi) is 4.48. The van der Waals surface area contributed by atoms with Gasteiger partial charge in [0, 0.05) is 18.2 Å². The van der Waals surface area contributed by atoms with Gasteiger partial charge in [0.2, 0.25) is 0 Å². The van der Waals surface area contributed by atoms with E-state index in [2.05, 4.69) is 5.32 Å². The highest BCUT2D eigenvalue weighted by Crippen LogP contribution is 2.36. The van der Waals surface area contributed by atoms with Gasteiger partial charge in [0.1, 0.15) is 5.82 Å². The van der Waals surface area contributed by atoms with Gasteiger partial charge in [0.15, 0.2) is 0 Å². The first-order valence-corrected chi connectivity index (χ1v) is 7.50. The zero-order chi connectivity index (χ0) is 15.8. The van der Waals surface area contributed by atoms with Crippen LogP contribution in [0.15, 0.2) is 18.2 Å². The van der Waals surface area contributed by atoms with Gasteiger partial charge in [-0.3, -0.25) is 0 Å². The minimum Gasteiger partial charge on any atom is -0.399 e. The number of benzene rings is 1. The van der Waals surface area contributed by atoms with Gasteiger partial charge in [0.05, 0.1) is 11.2 Å². The topological polar surface area (TPSA) is 30.5 Å². The van der Waals surface area contributed by atoms with Crippen molar-refractivity contribution in [2.75, 3.05) is 0 Å². The van der Waals surface area contributed by atoms with E-state index in [1.807, 2.05) is 47.6 Å². The quantitative estimate of drug-likeness (QED) is 0.866. The van der Waals surface area contributed by atoms with Crippen LogP contribution in [0.2, 0.25) is 0 Å². The van der Waals surface area contributed by atoms with Crippen molar-refractivity contribution in [2.45, 2.75) is 65.3 Å². The molecule has 0 aromatic heterocycles. The van der Waals surface area contributed by atoms with Crippen molar-refractivity contribution < 1.29 is 13.7 Å². The number of hydrogen-bond acceptors (Lipinski definition) is 3. The summed E-state index contributed by atoms with van der Waals surface area (Å²) in [6, 6.07) is 5.35. The average molecular weight is 293 g/mol. The molecule has 0 aliphatic carbocycles. The van der Waals surface area contributed by atoms with Crippen molar-refractivity contribution >= 4 is 12.6 Å². The zero-order valence-corrected chi connectivity index (χ0v) is 13.8. The lowest BCUT2D eigenvalue weighted by molar-refractivity contribution is 0.00578. The van der Waals surface area contributed by atoms with Crippen molar-refractivity contribution in [2.24, 2.45) is 0 Å². The molecule has 0 radical (unpaired) electrons. The van der Waals surface area contributed by atoms with Crippen LogP contribution >= 0.6 is 0 Å². The zero-order valence-electron chi connectivity index (χ0n) is 13.8. The molecule has 0 atom stereocenters. The van der Waals surface area contributed by atoms with Gasteiger partial charge in [-0.25, -0.2) is 4.39 Å². The van der Waals surface area contributed by atoms with E-state index < -0.39 is 18.3 Å². The van der Waals surface area contributed by atoms with E-state index in [4.69, 9.17) is 9.31 Å². The number of hydrogen-bond donors (Lipinski definition) is 1. The van der Waals surface area contributed by atoms with Gasteiger partial charge in [0.25, 0.3) is 0 Å². The molecule has 0 bridgehead atoms. The molecular weight excluding hydrogens is 268 g/mol. The first-order chi connectivity index (χ1) is 9.64. The van der Waals surface area contributed by atoms with Crippen LogP contribution in [0.25, 0.3) is 0 Å². The number of halogens is 1. The molecule has 1 aromatic carbocycles. The Morgan fingerprint density at radius 2 is 1.71 bits per heavy atom. The second-order valence-electron chi connectivity index (χ2n) is 6.93. The van der Waals surface area contributed by atoms with Gasteiger partial charge >= 0.3 is 7.12 Å². The van der Waals surface area contributed by atoms with Gasteiger partial charge < -0.3 is 14.6 Å². The highest BCUT2D eigenvalue weighted by atomic mass is 19.1. The van der Waals surface area contributed by atoms with Crippen molar-refractivity contribution in [3.63, 3.8) is 0 Å². The van der Waals surface area contributed by atoms with Gasteiger partial charge in [-0.2, -0.15) is 0 Å². The summed E-state index contributed by atoms with van der Waals surface area (Å²) >= 11 is 0. The fourth-order valence-corrected chi connectivity index (χ4v) is 2.26. The molecule has 2 rings (SSSR count). The Morgan fingerprint density at radius 3 is 2.24 bits per heavy atom. The Labute approximate surface area is 127 Å². The monoisotopic (exact) mass is 293 g/mol. The van der Waals surface area contributed by atoms with Crippen LogP contribution in [-0.2, 0) is 15.9 Å². The normalized spacial score (nSPS) is 20.3. The summed E-state index contributed by atoms with van der Waals surface area (Å²) in [4.78, 5) is 0. The summed E-state index contributed by atoms with van der Waals surface area (Å²) in [6.45, 7) is 12.5. The summed E-state index contributed by atoms with van der Waals surface area (Å²) < 4.78 is 26.3. The molecule has 0 spiro atoms. The van der Waals surface area contributed by atoms with Crippen LogP contribution in [0.5, 0.6) is 0 Å². The van der Waals surface area contributed by atoms with Gasteiger partial charge in [-0.1, -0.05) is 26.0 Å². The van der Waals surface area contributed by atoms with Crippen LogP contribution in [0, 0.1) is 5.82 Å². The molecule has 116 valence electrons. The summed E-state index contributed by atoms with van der Waals surface area (Å²) in [5, 5.41) is 3.26. The van der Waals surface area contributed by atoms with Crippen molar-refractivity contribution in [3.05, 3.63) is 29.6 Å². The Hall–Kier alpha value is -0.905. The minimum absolute atomic E-state index is 0.227. The maximum Gasteiger partial charge on any atom is 0.495 e. The highest BCUT2D eigenvalue weighted by molar-refractivity contribution is 6.62. The molecular formula is C16H25BFNO2. The SMILES string of the molecule is CC(C)NCc1c(F)cccc1B1OC(C)(C)C(C)(C)O1. The fourth-order valence-electron chi connectivity index (χ4n) is 2.26. The van der Waals surface area contributed by atoms with Crippen LogP contribution in [0.3, 0.4) is 0 Å². The van der Waals surface area contributed by atoms with E-state index >= 15 is 0 Å². The molecule has 5 heteroatoms. The number of nitrogens with one attached hydrogen (secondary N) is 1. The average Bonchev–Trinajstić information content (AvgIpc) is 2.56. The van der Waals surface area contributed by atoms with Crippen LogP contribution in [0.1, 0.15) is 47.1 Å². The summed E-state index contributed by atoms with van der Waals surface area (Å²) in [7, 11) is -0.533. The van der Waals surface area contributed by atoms with Crippen LogP contribution < -0.4 is 10.8 Å². The van der Waals surface area contributed by atoms with E-state index in [9.17, 15) is 4.39 Å². The lowest BCUT2D eigenvalue weighted by Crippen LogP contribution is -2.41. The maximum atomic E-state index is 14.2. The van der Waals surface area contributed by atoms with Crippen LogP contribution in [-0.4, -0.2) is 24.4 Å². The van der Waals surface area contributed by atoms with E-state index in [0.29, 0.717) is 12.1 Å². The van der Waals surface area contributed by atoms with E-state index in [1.165, 1.54) is 6.07 Å². The molecule has 1 N–H and O–H groups in total. The Bertz CT molecular complexity index is 501. The van der Waals surface area contributed by atoms with Crippen LogP contribution in [0.4, 0.5) is 4.39 Å². The van der Waals surface area contributed by atoms with Gasteiger partial charge in [-0.05, 0) is 39.2 Å². The van der Waals surface area contributed by atoms with E-state index in [0.717, 1.165) is 5.46 Å². The Balaban J connectivity index is 2.31. The third-order valence-corrected chi connectivity index (χ3v) is 4.35. The largest absolute Gasteiger partial charge is 0.495 e. The first-order valence-electron chi connectivity index (χ1n) is 7.50. The molecule has 1 aliphatic rings. The molecule has 1 aliphatic heterocycles. The lowest BCUT2D eigenvalue weighted by atomic mass is 9.75. The summed E-state index contributed by atoms with van der Waals surface area (Å²) in [6.07, 6.45) is 0. The van der Waals surface area contributed by atoms with Crippen molar-refractivity contribution in [3.8, 4) is 0 Å². The van der Waals surface area contributed by atoms with E-state index in [-0.39, 0.29) is 11.9 Å². The molecule has 0 saturated carbocycles. The second-order valence-corrected chi connectivity index (χ2v) is 6.93.